The van der Waals surface area contributed by atoms with E-state index in [2.05, 4.69) is 44.7 Å². The van der Waals surface area contributed by atoms with Gasteiger partial charge in [-0.25, -0.2) is 19.0 Å². The van der Waals surface area contributed by atoms with Crippen molar-refractivity contribution in [3.8, 4) is 0 Å². The number of benzene rings is 3. The van der Waals surface area contributed by atoms with E-state index in [0.29, 0.717) is 23.7 Å². The minimum atomic E-state index is -1.24. The summed E-state index contributed by atoms with van der Waals surface area (Å²) in [6, 6.07) is 22.9. The quantitative estimate of drug-likeness (QED) is 0.249. The van der Waals surface area contributed by atoms with Gasteiger partial charge in [0.05, 0.1) is 23.3 Å². The molecule has 0 unspecified atom stereocenters. The molecule has 2 heterocycles. The lowest BCUT2D eigenvalue weighted by molar-refractivity contribution is 0.610. The van der Waals surface area contributed by atoms with Gasteiger partial charge < -0.3 is 5.32 Å². The predicted octanol–water partition coefficient (Wildman–Crippen LogP) is 6.63. The Labute approximate surface area is 217 Å². The van der Waals surface area contributed by atoms with Gasteiger partial charge in [-0.2, -0.15) is 0 Å². The van der Waals surface area contributed by atoms with Gasteiger partial charge >= 0.3 is 0 Å². The van der Waals surface area contributed by atoms with Gasteiger partial charge in [0.2, 0.25) is 0 Å². The summed E-state index contributed by atoms with van der Waals surface area (Å²) in [5.41, 5.74) is 4.17. The lowest BCUT2D eigenvalue weighted by Gasteiger charge is -2.20. The Morgan fingerprint density at radius 2 is 1.84 bits per heavy atom. The van der Waals surface area contributed by atoms with Crippen molar-refractivity contribution in [3.05, 3.63) is 114 Å². The SMILES string of the molecule is [2H][C@@](Cc1ccc2ncnc(N[C@H](CC)c3ccccc3)c2c1)(c1ccc(F)cc1)c1cn(C2CC2)nn1. The van der Waals surface area contributed by atoms with Crippen molar-refractivity contribution in [2.75, 3.05) is 5.32 Å². The average molecular weight is 494 g/mol. The summed E-state index contributed by atoms with van der Waals surface area (Å²) in [7, 11) is 0. The molecule has 1 aliphatic carbocycles. The first-order chi connectivity index (χ1) is 18.5. The molecular weight excluding hydrogens is 463 g/mol. The largest absolute Gasteiger partial charge is 0.363 e. The number of rotatable bonds is 9. The number of hydrogen-bond acceptors (Lipinski definition) is 5. The molecule has 0 spiro atoms. The van der Waals surface area contributed by atoms with Crippen LogP contribution in [0.4, 0.5) is 10.2 Å². The number of aromatic nitrogens is 5. The van der Waals surface area contributed by atoms with E-state index in [1.807, 2.05) is 47.3 Å². The number of nitrogens with zero attached hydrogens (tertiary/aromatic N) is 5. The smallest absolute Gasteiger partial charge is 0.137 e. The van der Waals surface area contributed by atoms with Crippen molar-refractivity contribution in [2.24, 2.45) is 0 Å². The molecule has 1 saturated carbocycles. The van der Waals surface area contributed by atoms with Crippen LogP contribution in [0.25, 0.3) is 10.9 Å². The van der Waals surface area contributed by atoms with E-state index in [1.54, 1.807) is 18.5 Å². The third-order valence-electron chi connectivity index (χ3n) is 6.93. The summed E-state index contributed by atoms with van der Waals surface area (Å²) in [6.45, 7) is 2.14. The van der Waals surface area contributed by atoms with Gasteiger partial charge in [-0.15, -0.1) is 5.10 Å². The first kappa shape index (κ1) is 22.1. The Morgan fingerprint density at radius 3 is 2.59 bits per heavy atom. The fourth-order valence-corrected chi connectivity index (χ4v) is 4.73. The van der Waals surface area contributed by atoms with E-state index >= 15 is 0 Å². The minimum Gasteiger partial charge on any atom is -0.363 e. The highest BCUT2D eigenvalue weighted by molar-refractivity contribution is 5.89. The normalized spacial score (nSPS) is 16.2. The first-order valence-corrected chi connectivity index (χ1v) is 12.8. The summed E-state index contributed by atoms with van der Waals surface area (Å²) < 4.78 is 25.3. The molecule has 2 aromatic heterocycles. The molecule has 6 nitrogen and oxygen atoms in total. The van der Waals surface area contributed by atoms with Gasteiger partial charge in [-0.1, -0.05) is 60.7 Å². The Hall–Kier alpha value is -4.13. The van der Waals surface area contributed by atoms with Crippen molar-refractivity contribution in [1.82, 2.24) is 25.0 Å². The van der Waals surface area contributed by atoms with Crippen molar-refractivity contribution in [3.63, 3.8) is 0 Å². The van der Waals surface area contributed by atoms with Gasteiger partial charge in [0.1, 0.15) is 18.0 Å². The van der Waals surface area contributed by atoms with E-state index in [1.165, 1.54) is 17.7 Å². The molecule has 0 aliphatic heterocycles. The Balaban J connectivity index is 1.37. The molecule has 1 aliphatic rings. The highest BCUT2D eigenvalue weighted by Crippen LogP contribution is 2.36. The van der Waals surface area contributed by atoms with Crippen molar-refractivity contribution in [1.29, 1.82) is 0 Å². The first-order valence-electron chi connectivity index (χ1n) is 13.3. The van der Waals surface area contributed by atoms with Crippen LogP contribution in [0, 0.1) is 5.82 Å². The molecule has 6 rings (SSSR count). The summed E-state index contributed by atoms with van der Waals surface area (Å²) >= 11 is 0. The third kappa shape index (κ3) is 5.07. The van der Waals surface area contributed by atoms with Gasteiger partial charge in [-0.3, -0.25) is 0 Å². The lowest BCUT2D eigenvalue weighted by Crippen LogP contribution is -2.11. The minimum absolute atomic E-state index is 0.102. The molecule has 186 valence electrons. The predicted molar refractivity (Wildman–Crippen MR) is 143 cm³/mol. The molecular formula is C30H29FN6. The third-order valence-corrected chi connectivity index (χ3v) is 6.93. The van der Waals surface area contributed by atoms with Crippen molar-refractivity contribution in [2.45, 2.75) is 50.6 Å². The zero-order valence-electron chi connectivity index (χ0n) is 21.7. The van der Waals surface area contributed by atoms with Crippen LogP contribution in [0.1, 0.15) is 67.9 Å². The number of hydrogen-bond donors (Lipinski definition) is 1. The van der Waals surface area contributed by atoms with Crippen molar-refractivity contribution >= 4 is 16.7 Å². The summed E-state index contributed by atoms with van der Waals surface area (Å²) in [5, 5.41) is 13.2. The van der Waals surface area contributed by atoms with E-state index in [9.17, 15) is 5.76 Å². The molecule has 3 aromatic carbocycles. The molecule has 0 bridgehead atoms. The molecule has 1 fully saturated rings. The Kier molecular flexibility index (Phi) is 6.02. The number of fused-ring (bicyclic) bond motifs is 1. The zero-order valence-corrected chi connectivity index (χ0v) is 20.7. The fourth-order valence-electron chi connectivity index (χ4n) is 4.73. The van der Waals surface area contributed by atoms with Crippen LogP contribution in [0.15, 0.2) is 85.3 Å². The standard InChI is InChI=1S/C30H29FN6/c1-2-27(22-6-4-3-5-7-22)34-30-26-17-20(8-15-28(26)32-19-33-30)16-25(21-9-11-23(31)12-10-21)29-18-37(36-35-29)24-13-14-24/h3-12,15,17-19,24-25,27H,2,13-14,16H2,1H3,(H,32,33,34)/t25-,27-/m1/s1/i25D. The fraction of sp³-hybridized carbons (Fsp3) is 0.267. The summed E-state index contributed by atoms with van der Waals surface area (Å²) in [6.07, 6.45) is 6.83. The van der Waals surface area contributed by atoms with Crippen LogP contribution in [0.5, 0.6) is 0 Å². The van der Waals surface area contributed by atoms with Crippen LogP contribution in [-0.4, -0.2) is 25.0 Å². The monoisotopic (exact) mass is 493 g/mol. The maximum atomic E-state index is 13.8. The second-order valence-corrected chi connectivity index (χ2v) is 9.57. The topological polar surface area (TPSA) is 68.5 Å². The second kappa shape index (κ2) is 10.1. The summed E-state index contributed by atoms with van der Waals surface area (Å²) in [4.78, 5) is 9.05. The van der Waals surface area contributed by atoms with E-state index in [4.69, 9.17) is 0 Å². The second-order valence-electron chi connectivity index (χ2n) is 9.57. The van der Waals surface area contributed by atoms with Gasteiger partial charge in [-0.05, 0) is 66.6 Å². The Morgan fingerprint density at radius 1 is 1.03 bits per heavy atom. The number of halogens is 1. The molecule has 0 saturated heterocycles. The highest BCUT2D eigenvalue weighted by Gasteiger charge is 2.27. The molecule has 0 amide bonds. The molecule has 2 atom stereocenters. The molecule has 1 N–H and O–H groups in total. The Bertz CT molecular complexity index is 1550. The highest BCUT2D eigenvalue weighted by atomic mass is 19.1. The van der Waals surface area contributed by atoms with Crippen LogP contribution in [0.3, 0.4) is 0 Å². The van der Waals surface area contributed by atoms with Crippen LogP contribution in [0.2, 0.25) is 0 Å². The summed E-state index contributed by atoms with van der Waals surface area (Å²) in [5.74, 6) is -0.821. The zero-order chi connectivity index (χ0) is 26.1. The van der Waals surface area contributed by atoms with Crippen LogP contribution in [-0.2, 0) is 6.42 Å². The van der Waals surface area contributed by atoms with Crippen LogP contribution >= 0.6 is 0 Å². The molecule has 7 heteroatoms. The van der Waals surface area contributed by atoms with E-state index in [0.717, 1.165) is 41.5 Å². The maximum Gasteiger partial charge on any atom is 0.137 e. The lowest BCUT2D eigenvalue weighted by atomic mass is 9.89. The van der Waals surface area contributed by atoms with Gasteiger partial charge in [0, 0.05) is 18.8 Å². The number of anilines is 1. The maximum absolute atomic E-state index is 13.8. The molecule has 5 aromatic rings. The van der Waals surface area contributed by atoms with Gasteiger partial charge in [0.15, 0.2) is 0 Å². The van der Waals surface area contributed by atoms with Crippen molar-refractivity contribution < 1.29 is 5.76 Å². The molecule has 37 heavy (non-hydrogen) atoms. The van der Waals surface area contributed by atoms with Gasteiger partial charge in [0.25, 0.3) is 0 Å². The average Bonchev–Trinajstić information content (AvgIpc) is 3.68. The van der Waals surface area contributed by atoms with E-state index in [-0.39, 0.29) is 11.9 Å². The van der Waals surface area contributed by atoms with Crippen LogP contribution < -0.4 is 5.32 Å². The van der Waals surface area contributed by atoms with E-state index < -0.39 is 5.89 Å². The number of nitrogens with one attached hydrogen (secondary N) is 1. The molecule has 0 radical (unpaired) electrons.